The molecule has 0 bridgehead atoms. The van der Waals surface area contributed by atoms with Crippen LogP contribution in [0.3, 0.4) is 0 Å². The van der Waals surface area contributed by atoms with Crippen molar-refractivity contribution in [3.63, 3.8) is 0 Å². The molecule has 3 rings (SSSR count). The Labute approximate surface area is 251 Å². The number of nitrogens with one attached hydrogen (secondary N) is 3. The maximum Gasteiger partial charge on any atom is 0.408 e. The zero-order valence-corrected chi connectivity index (χ0v) is 24.1. The molecule has 0 aliphatic heterocycles. The minimum atomic E-state index is -1.39. The molecule has 0 aliphatic rings. The van der Waals surface area contributed by atoms with Crippen molar-refractivity contribution in [3.8, 4) is 11.5 Å². The van der Waals surface area contributed by atoms with Crippen molar-refractivity contribution in [3.05, 3.63) is 107 Å². The van der Waals surface area contributed by atoms with Gasteiger partial charge in [0, 0.05) is 16.5 Å². The number of benzene rings is 3. The van der Waals surface area contributed by atoms with Gasteiger partial charge in [-0.05, 0) is 41.5 Å². The molecule has 2 atom stereocenters. The van der Waals surface area contributed by atoms with Gasteiger partial charge in [-0.15, -0.1) is 0 Å². The number of hydrogen-bond acceptors (Lipinski definition) is 8. The van der Waals surface area contributed by atoms with E-state index in [2.05, 4.69) is 43.7 Å². The predicted octanol–water partition coefficient (Wildman–Crippen LogP) is 3.18. The van der Waals surface area contributed by atoms with Gasteiger partial charge in [-0.3, -0.25) is 9.59 Å². The van der Waals surface area contributed by atoms with E-state index in [4.69, 9.17) is 9.47 Å². The van der Waals surface area contributed by atoms with E-state index in [-0.39, 0.29) is 25.4 Å². The van der Waals surface area contributed by atoms with Crippen LogP contribution in [0.2, 0.25) is 0 Å². The molecule has 3 aromatic rings. The molecule has 0 unspecified atom stereocenters. The number of halogens is 1. The van der Waals surface area contributed by atoms with Crippen LogP contribution >= 0.6 is 15.9 Å². The fraction of sp³-hybridized carbons (Fsp3) is 0.200. The first kappa shape index (κ1) is 31.8. The molecule has 12 heteroatoms. The zero-order chi connectivity index (χ0) is 30.3. The normalized spacial score (nSPS) is 12.1. The van der Waals surface area contributed by atoms with Crippen molar-refractivity contribution in [1.29, 1.82) is 0 Å². The number of aliphatic hydroxyl groups is 1. The Balaban J connectivity index is 1.69. The third-order valence-electron chi connectivity index (χ3n) is 5.72. The lowest BCUT2D eigenvalue weighted by Crippen LogP contribution is -2.55. The number of rotatable bonds is 14. The van der Waals surface area contributed by atoms with Crippen molar-refractivity contribution in [2.24, 2.45) is 5.10 Å². The van der Waals surface area contributed by atoms with Gasteiger partial charge >= 0.3 is 6.09 Å². The number of carbonyl (C=O) groups is 3. The van der Waals surface area contributed by atoms with Crippen LogP contribution in [0.15, 0.2) is 95.0 Å². The monoisotopic (exact) mass is 638 g/mol. The molecule has 11 nitrogen and oxygen atoms in total. The molecule has 3 amide bonds. The Morgan fingerprint density at radius 1 is 0.952 bits per heavy atom. The summed E-state index contributed by atoms with van der Waals surface area (Å²) in [5.74, 6) is -0.930. The lowest BCUT2D eigenvalue weighted by molar-refractivity contribution is -0.130. The molecule has 220 valence electrons. The third kappa shape index (κ3) is 10.4. The molecule has 5 N–H and O–H groups in total. The number of aliphatic hydroxyl groups excluding tert-OH is 1. The number of phenols is 1. The molecule has 42 heavy (non-hydrogen) atoms. The summed E-state index contributed by atoms with van der Waals surface area (Å²) in [6.45, 7) is 3.13. The van der Waals surface area contributed by atoms with Gasteiger partial charge in [0.2, 0.25) is 5.91 Å². The smallest absolute Gasteiger partial charge is 0.408 e. The largest absolute Gasteiger partial charge is 0.508 e. The van der Waals surface area contributed by atoms with Crippen molar-refractivity contribution in [2.45, 2.75) is 25.1 Å². The third-order valence-corrected chi connectivity index (χ3v) is 6.21. The molecule has 0 saturated heterocycles. The summed E-state index contributed by atoms with van der Waals surface area (Å²) >= 11 is 3.39. The van der Waals surface area contributed by atoms with Crippen molar-refractivity contribution >= 4 is 40.1 Å². The quantitative estimate of drug-likeness (QED) is 0.103. The lowest BCUT2D eigenvalue weighted by Gasteiger charge is -2.21. The fourth-order valence-electron chi connectivity index (χ4n) is 3.59. The van der Waals surface area contributed by atoms with Gasteiger partial charge in [0.15, 0.2) is 0 Å². The van der Waals surface area contributed by atoms with Crippen LogP contribution in [0.5, 0.6) is 11.5 Å². The van der Waals surface area contributed by atoms with Crippen molar-refractivity contribution < 1.29 is 34.1 Å². The highest BCUT2D eigenvalue weighted by molar-refractivity contribution is 9.10. The average Bonchev–Trinajstić information content (AvgIpc) is 2.99. The molecule has 0 aromatic heterocycles. The molecule has 0 spiro atoms. The number of phenolic OH excluding ortho intramolecular Hbond substituents is 1. The van der Waals surface area contributed by atoms with Crippen LogP contribution in [0.4, 0.5) is 4.79 Å². The van der Waals surface area contributed by atoms with E-state index < -0.39 is 36.6 Å². The molecule has 0 heterocycles. The second kappa shape index (κ2) is 16.6. The number of nitrogens with zero attached hydrogens (tertiary/aromatic N) is 1. The Kier molecular flexibility index (Phi) is 12.5. The number of hydrazone groups is 1. The summed E-state index contributed by atoms with van der Waals surface area (Å²) in [6, 6.07) is 17.8. The molecular formula is C30H31BrN4O7. The van der Waals surface area contributed by atoms with Gasteiger partial charge < -0.3 is 30.3 Å². The van der Waals surface area contributed by atoms with E-state index in [1.807, 2.05) is 6.07 Å². The highest BCUT2D eigenvalue weighted by Crippen LogP contribution is 2.22. The van der Waals surface area contributed by atoms with Crippen molar-refractivity contribution in [2.75, 3.05) is 13.2 Å². The minimum absolute atomic E-state index is 0.0224. The van der Waals surface area contributed by atoms with Crippen LogP contribution in [0.25, 0.3) is 0 Å². The van der Waals surface area contributed by atoms with Gasteiger partial charge in [0.05, 0.1) is 12.8 Å². The topological polar surface area (TPSA) is 159 Å². The summed E-state index contributed by atoms with van der Waals surface area (Å²) < 4.78 is 11.5. The van der Waals surface area contributed by atoms with Gasteiger partial charge in [-0.1, -0.05) is 71.0 Å². The first-order chi connectivity index (χ1) is 20.3. The first-order valence-corrected chi connectivity index (χ1v) is 13.6. The summed E-state index contributed by atoms with van der Waals surface area (Å²) in [4.78, 5) is 38.4. The maximum absolute atomic E-state index is 13.1. The van der Waals surface area contributed by atoms with Gasteiger partial charge in [-0.2, -0.15) is 5.10 Å². The number of ether oxygens (including phenoxy) is 2. The van der Waals surface area contributed by atoms with Gasteiger partial charge in [-0.25, -0.2) is 10.2 Å². The Bertz CT molecular complexity index is 1380. The summed E-state index contributed by atoms with van der Waals surface area (Å²) in [6.07, 6.45) is 2.09. The predicted molar refractivity (Wildman–Crippen MR) is 160 cm³/mol. The molecule has 0 radical (unpaired) electrons. The van der Waals surface area contributed by atoms with Gasteiger partial charge in [0.1, 0.15) is 36.8 Å². The number of carbonyl (C=O) groups excluding carboxylic acids is 3. The SMILES string of the molecule is C=CCOc1ccc(Br)cc1/C=N\NC(=O)[C@H](Cc1ccc(O)cc1)NC(=O)[C@H](CO)NC(=O)OCc1ccccc1. The average molecular weight is 640 g/mol. The molecular weight excluding hydrogens is 608 g/mol. The van der Waals surface area contributed by atoms with E-state index in [0.29, 0.717) is 16.9 Å². The molecule has 0 aliphatic carbocycles. The number of alkyl carbamates (subject to hydrolysis) is 1. The summed E-state index contributed by atoms with van der Waals surface area (Å²) in [5, 5.41) is 28.2. The Hall–Kier alpha value is -4.68. The van der Waals surface area contributed by atoms with E-state index >= 15 is 0 Å². The van der Waals surface area contributed by atoms with Crippen LogP contribution < -0.4 is 20.8 Å². The minimum Gasteiger partial charge on any atom is -0.508 e. The van der Waals surface area contributed by atoms with Crippen molar-refractivity contribution in [1.82, 2.24) is 16.1 Å². The van der Waals surface area contributed by atoms with Crippen LogP contribution in [-0.2, 0) is 27.4 Å². The van der Waals surface area contributed by atoms with E-state index in [9.17, 15) is 24.6 Å². The highest BCUT2D eigenvalue weighted by atomic mass is 79.9. The highest BCUT2D eigenvalue weighted by Gasteiger charge is 2.27. The molecule has 3 aromatic carbocycles. The lowest BCUT2D eigenvalue weighted by atomic mass is 10.0. The van der Waals surface area contributed by atoms with E-state index in [1.165, 1.54) is 18.3 Å². The second-order valence-corrected chi connectivity index (χ2v) is 9.80. The molecule has 0 saturated carbocycles. The standard InChI is InChI=1S/C30H31BrN4O7/c1-2-14-41-27-13-10-23(31)16-22(27)17-32-35-29(39)25(15-20-8-11-24(37)12-9-20)33-28(38)26(18-36)34-30(40)42-19-21-6-4-3-5-7-21/h2-13,16-17,25-26,36-37H,1,14-15,18-19H2,(H,33,38)(H,34,40)(H,35,39)/b32-17-/t25-,26-/m0/s1. The number of hydrogen-bond donors (Lipinski definition) is 5. The molecule has 0 fully saturated rings. The zero-order valence-electron chi connectivity index (χ0n) is 22.5. The summed E-state index contributed by atoms with van der Waals surface area (Å²) in [5.41, 5.74) is 4.35. The van der Waals surface area contributed by atoms with Gasteiger partial charge in [0.25, 0.3) is 5.91 Å². The van der Waals surface area contributed by atoms with Crippen LogP contribution in [0, 0.1) is 0 Å². The van der Waals surface area contributed by atoms with Crippen LogP contribution in [-0.4, -0.2) is 59.6 Å². The second-order valence-electron chi connectivity index (χ2n) is 8.89. The summed E-state index contributed by atoms with van der Waals surface area (Å²) in [7, 11) is 0. The van der Waals surface area contributed by atoms with E-state index in [0.717, 1.165) is 10.0 Å². The van der Waals surface area contributed by atoms with Crippen LogP contribution in [0.1, 0.15) is 16.7 Å². The number of amides is 3. The number of aromatic hydroxyl groups is 1. The first-order valence-electron chi connectivity index (χ1n) is 12.8. The Morgan fingerprint density at radius 2 is 1.69 bits per heavy atom. The van der Waals surface area contributed by atoms with E-state index in [1.54, 1.807) is 60.7 Å². The Morgan fingerprint density at radius 3 is 2.38 bits per heavy atom. The maximum atomic E-state index is 13.1. The fourth-order valence-corrected chi connectivity index (χ4v) is 3.97.